The molecule has 1 amide bonds. The van der Waals surface area contributed by atoms with E-state index >= 15 is 0 Å². The zero-order chi connectivity index (χ0) is 19.9. The Kier molecular flexibility index (Phi) is 6.51. The summed E-state index contributed by atoms with van der Waals surface area (Å²) in [6.45, 7) is 1.17. The molecule has 1 aliphatic heterocycles. The topological polar surface area (TPSA) is 74.6 Å². The first kappa shape index (κ1) is 19.7. The summed E-state index contributed by atoms with van der Waals surface area (Å²) in [5.41, 5.74) is 2.72. The highest BCUT2D eigenvalue weighted by atomic mass is 16.5. The molecule has 6 heteroatoms. The number of nitriles is 1. The molecule has 2 aromatic rings. The Morgan fingerprint density at radius 1 is 1.21 bits per heavy atom. The van der Waals surface area contributed by atoms with E-state index in [1.165, 1.54) is 0 Å². The quantitative estimate of drug-likeness (QED) is 0.796. The lowest BCUT2D eigenvalue weighted by molar-refractivity contribution is -0.117. The Bertz CT molecular complexity index is 858. The molecule has 146 valence electrons. The van der Waals surface area contributed by atoms with Crippen LogP contribution in [0.3, 0.4) is 0 Å². The Labute approximate surface area is 165 Å². The van der Waals surface area contributed by atoms with E-state index in [0.29, 0.717) is 13.0 Å². The van der Waals surface area contributed by atoms with E-state index in [4.69, 9.17) is 14.7 Å². The molecule has 0 saturated carbocycles. The second kappa shape index (κ2) is 9.25. The van der Waals surface area contributed by atoms with Gasteiger partial charge in [-0.25, -0.2) is 0 Å². The number of hydrogen-bond donors (Lipinski definition) is 1. The standard InChI is InChI=1S/C22H25N3O3/c1-27-18-9-10-21(28-2)19(14-18)20-4-3-13-25(20)15-22(26)24-17-7-5-16(6-8-17)11-12-23/h5-10,14,20H,3-4,11,13,15H2,1-2H3,(H,24,26)/t20-/m1/s1. The summed E-state index contributed by atoms with van der Waals surface area (Å²) in [6, 6.07) is 15.4. The minimum absolute atomic E-state index is 0.0539. The van der Waals surface area contributed by atoms with Crippen LogP contribution in [0.25, 0.3) is 0 Å². The maximum absolute atomic E-state index is 12.6. The highest BCUT2D eigenvalue weighted by Crippen LogP contribution is 2.38. The number of amides is 1. The fraction of sp³-hybridized carbons (Fsp3) is 0.364. The minimum Gasteiger partial charge on any atom is -0.497 e. The first-order valence-electron chi connectivity index (χ1n) is 9.36. The van der Waals surface area contributed by atoms with Gasteiger partial charge in [0.05, 0.1) is 33.3 Å². The number of rotatable bonds is 7. The average molecular weight is 379 g/mol. The van der Waals surface area contributed by atoms with Crippen molar-refractivity contribution < 1.29 is 14.3 Å². The fourth-order valence-corrected chi connectivity index (χ4v) is 3.65. The van der Waals surface area contributed by atoms with E-state index in [1.807, 2.05) is 42.5 Å². The van der Waals surface area contributed by atoms with Gasteiger partial charge in [-0.15, -0.1) is 0 Å². The van der Waals surface area contributed by atoms with Gasteiger partial charge in [-0.2, -0.15) is 5.26 Å². The van der Waals surface area contributed by atoms with Crippen molar-refractivity contribution in [2.75, 3.05) is 32.6 Å². The van der Waals surface area contributed by atoms with Crippen LogP contribution in [0.5, 0.6) is 11.5 Å². The minimum atomic E-state index is -0.0539. The Morgan fingerprint density at radius 2 is 2.00 bits per heavy atom. The molecule has 1 atom stereocenters. The predicted octanol–water partition coefficient (Wildman–Crippen LogP) is 3.55. The molecule has 0 bridgehead atoms. The number of anilines is 1. The molecule has 3 rings (SSSR count). The molecule has 0 radical (unpaired) electrons. The van der Waals surface area contributed by atoms with Crippen LogP contribution in [0, 0.1) is 11.3 Å². The van der Waals surface area contributed by atoms with Gasteiger partial charge < -0.3 is 14.8 Å². The fourth-order valence-electron chi connectivity index (χ4n) is 3.65. The zero-order valence-electron chi connectivity index (χ0n) is 16.3. The van der Waals surface area contributed by atoms with Gasteiger partial charge >= 0.3 is 0 Å². The van der Waals surface area contributed by atoms with Crippen molar-refractivity contribution in [2.24, 2.45) is 0 Å². The van der Waals surface area contributed by atoms with Gasteiger partial charge in [0.1, 0.15) is 11.5 Å². The first-order valence-corrected chi connectivity index (χ1v) is 9.36. The van der Waals surface area contributed by atoms with E-state index in [-0.39, 0.29) is 11.9 Å². The SMILES string of the molecule is COc1ccc(OC)c([C@H]2CCCN2CC(=O)Nc2ccc(CC#N)cc2)c1. The Morgan fingerprint density at radius 3 is 2.68 bits per heavy atom. The van der Waals surface area contributed by atoms with Crippen molar-refractivity contribution in [3.8, 4) is 17.6 Å². The van der Waals surface area contributed by atoms with Crippen LogP contribution in [0.2, 0.25) is 0 Å². The summed E-state index contributed by atoms with van der Waals surface area (Å²) < 4.78 is 10.9. The lowest BCUT2D eigenvalue weighted by atomic mass is 10.0. The molecule has 1 fully saturated rings. The maximum atomic E-state index is 12.6. The molecule has 0 aromatic heterocycles. The van der Waals surface area contributed by atoms with E-state index in [1.54, 1.807) is 14.2 Å². The number of nitrogens with one attached hydrogen (secondary N) is 1. The zero-order valence-corrected chi connectivity index (χ0v) is 16.3. The summed E-state index contributed by atoms with van der Waals surface area (Å²) in [6.07, 6.45) is 2.37. The Balaban J connectivity index is 1.68. The van der Waals surface area contributed by atoms with E-state index in [2.05, 4.69) is 16.3 Å². The smallest absolute Gasteiger partial charge is 0.238 e. The van der Waals surface area contributed by atoms with Crippen LogP contribution in [-0.4, -0.2) is 38.1 Å². The molecule has 6 nitrogen and oxygen atoms in total. The van der Waals surface area contributed by atoms with Crippen LogP contribution in [0.4, 0.5) is 5.69 Å². The molecule has 1 saturated heterocycles. The number of carbonyl (C=O) groups is 1. The lowest BCUT2D eigenvalue weighted by Gasteiger charge is -2.26. The van der Waals surface area contributed by atoms with Crippen LogP contribution in [-0.2, 0) is 11.2 Å². The van der Waals surface area contributed by atoms with Crippen molar-refractivity contribution in [2.45, 2.75) is 25.3 Å². The number of carbonyl (C=O) groups excluding carboxylic acids is 1. The maximum Gasteiger partial charge on any atom is 0.238 e. The van der Waals surface area contributed by atoms with E-state index in [9.17, 15) is 4.79 Å². The predicted molar refractivity (Wildman–Crippen MR) is 107 cm³/mol. The van der Waals surface area contributed by atoms with Gasteiger partial charge in [-0.3, -0.25) is 9.69 Å². The molecular formula is C22H25N3O3. The molecule has 1 aliphatic rings. The van der Waals surface area contributed by atoms with Crippen molar-refractivity contribution in [1.29, 1.82) is 5.26 Å². The molecular weight excluding hydrogens is 354 g/mol. The summed E-state index contributed by atoms with van der Waals surface area (Å²) in [5, 5.41) is 11.7. The molecule has 1 heterocycles. The highest BCUT2D eigenvalue weighted by Gasteiger charge is 2.30. The van der Waals surface area contributed by atoms with Gasteiger partial charge in [0.25, 0.3) is 0 Å². The van der Waals surface area contributed by atoms with Crippen molar-refractivity contribution in [1.82, 2.24) is 4.90 Å². The van der Waals surface area contributed by atoms with Gasteiger partial charge in [-0.1, -0.05) is 12.1 Å². The Hall–Kier alpha value is -3.04. The first-order chi connectivity index (χ1) is 13.6. The normalized spacial score (nSPS) is 16.4. The van der Waals surface area contributed by atoms with E-state index in [0.717, 1.165) is 47.7 Å². The molecule has 28 heavy (non-hydrogen) atoms. The molecule has 1 N–H and O–H groups in total. The van der Waals surface area contributed by atoms with Crippen LogP contribution in [0.1, 0.15) is 30.0 Å². The summed E-state index contributed by atoms with van der Waals surface area (Å²) >= 11 is 0. The summed E-state index contributed by atoms with van der Waals surface area (Å²) in [7, 11) is 3.31. The molecule has 0 aliphatic carbocycles. The monoisotopic (exact) mass is 379 g/mol. The number of ether oxygens (including phenoxy) is 2. The number of methoxy groups -OCH3 is 2. The van der Waals surface area contributed by atoms with Crippen molar-refractivity contribution in [3.63, 3.8) is 0 Å². The second-order valence-electron chi connectivity index (χ2n) is 6.82. The third-order valence-corrected chi connectivity index (χ3v) is 5.03. The lowest BCUT2D eigenvalue weighted by Crippen LogP contribution is -2.33. The van der Waals surface area contributed by atoms with Gasteiger partial charge in [-0.05, 0) is 55.3 Å². The van der Waals surface area contributed by atoms with E-state index < -0.39 is 0 Å². The largest absolute Gasteiger partial charge is 0.497 e. The van der Waals surface area contributed by atoms with Crippen LogP contribution >= 0.6 is 0 Å². The third-order valence-electron chi connectivity index (χ3n) is 5.03. The van der Waals surface area contributed by atoms with Gasteiger partial charge in [0.2, 0.25) is 5.91 Å². The second-order valence-corrected chi connectivity index (χ2v) is 6.82. The van der Waals surface area contributed by atoms with Gasteiger partial charge in [0, 0.05) is 17.3 Å². The molecule has 2 aromatic carbocycles. The summed E-state index contributed by atoms with van der Waals surface area (Å²) in [5.74, 6) is 1.54. The third kappa shape index (κ3) is 4.62. The van der Waals surface area contributed by atoms with Crippen molar-refractivity contribution >= 4 is 11.6 Å². The number of nitrogens with zero attached hydrogens (tertiary/aromatic N) is 2. The molecule has 0 unspecified atom stereocenters. The average Bonchev–Trinajstić information content (AvgIpc) is 3.16. The summed E-state index contributed by atoms with van der Waals surface area (Å²) in [4.78, 5) is 14.7. The van der Waals surface area contributed by atoms with Crippen molar-refractivity contribution in [3.05, 3.63) is 53.6 Å². The highest BCUT2D eigenvalue weighted by molar-refractivity contribution is 5.92. The number of benzene rings is 2. The van der Waals surface area contributed by atoms with Gasteiger partial charge in [0.15, 0.2) is 0 Å². The number of hydrogen-bond acceptors (Lipinski definition) is 5. The van der Waals surface area contributed by atoms with Crippen LogP contribution in [0.15, 0.2) is 42.5 Å². The molecule has 0 spiro atoms. The van der Waals surface area contributed by atoms with Crippen LogP contribution < -0.4 is 14.8 Å². The number of likely N-dealkylation sites (tertiary alicyclic amines) is 1.